The van der Waals surface area contributed by atoms with Gasteiger partial charge in [0.05, 0.1) is 5.69 Å². The molecule has 0 radical (unpaired) electrons. The van der Waals surface area contributed by atoms with E-state index >= 15 is 0 Å². The minimum Gasteiger partial charge on any atom is -0.352 e. The molecule has 3 aromatic rings. The number of imidazole rings is 1. The minimum atomic E-state index is -0.0910. The molecule has 0 fully saturated rings. The Morgan fingerprint density at radius 1 is 1.18 bits per heavy atom. The Labute approximate surface area is 165 Å². The molecule has 0 aliphatic heterocycles. The molecule has 2 heterocycles. The first-order valence-corrected chi connectivity index (χ1v) is 9.38. The average molecular weight is 378 g/mol. The standard InChI is InChI=1S/C21H26N6O/c1-5-17-14-18(25-21(24-17)26(2)3)15-6-8-16(9-7-15)20(28)23-11-10-19-22-12-13-27(19)4/h6-9,12-14H,5,10-11H2,1-4H3,(H,23,28). The van der Waals surface area contributed by atoms with Crippen molar-refractivity contribution in [2.24, 2.45) is 7.05 Å². The summed E-state index contributed by atoms with van der Waals surface area (Å²) in [5.41, 5.74) is 3.44. The van der Waals surface area contributed by atoms with Crippen LogP contribution in [0.15, 0.2) is 42.7 Å². The monoisotopic (exact) mass is 378 g/mol. The number of aryl methyl sites for hydroxylation is 2. The van der Waals surface area contributed by atoms with Gasteiger partial charge in [-0.3, -0.25) is 4.79 Å². The van der Waals surface area contributed by atoms with E-state index in [0.29, 0.717) is 24.5 Å². The number of aromatic nitrogens is 4. The molecule has 7 nitrogen and oxygen atoms in total. The highest BCUT2D eigenvalue weighted by Crippen LogP contribution is 2.21. The second-order valence-electron chi connectivity index (χ2n) is 6.83. The van der Waals surface area contributed by atoms with Gasteiger partial charge in [0.1, 0.15) is 5.82 Å². The first-order chi connectivity index (χ1) is 13.5. The Balaban J connectivity index is 1.68. The number of hydrogen-bond acceptors (Lipinski definition) is 5. The highest BCUT2D eigenvalue weighted by molar-refractivity contribution is 5.94. The number of anilines is 1. The van der Waals surface area contributed by atoms with Crippen molar-refractivity contribution >= 4 is 11.9 Å². The minimum absolute atomic E-state index is 0.0910. The Kier molecular flexibility index (Phi) is 6.03. The number of carbonyl (C=O) groups excluding carboxylic acids is 1. The fourth-order valence-corrected chi connectivity index (χ4v) is 2.83. The summed E-state index contributed by atoms with van der Waals surface area (Å²) in [6, 6.07) is 9.50. The van der Waals surface area contributed by atoms with Crippen LogP contribution in [0.5, 0.6) is 0 Å². The van der Waals surface area contributed by atoms with Crippen LogP contribution in [0.3, 0.4) is 0 Å². The van der Waals surface area contributed by atoms with Crippen LogP contribution >= 0.6 is 0 Å². The van der Waals surface area contributed by atoms with Gasteiger partial charge in [-0.1, -0.05) is 19.1 Å². The summed E-state index contributed by atoms with van der Waals surface area (Å²) in [7, 11) is 5.80. The maximum absolute atomic E-state index is 12.4. The molecule has 1 amide bonds. The van der Waals surface area contributed by atoms with Crippen LogP contribution < -0.4 is 10.2 Å². The number of benzene rings is 1. The fourth-order valence-electron chi connectivity index (χ4n) is 2.83. The largest absolute Gasteiger partial charge is 0.352 e. The van der Waals surface area contributed by atoms with Gasteiger partial charge in [-0.2, -0.15) is 0 Å². The summed E-state index contributed by atoms with van der Waals surface area (Å²) >= 11 is 0. The van der Waals surface area contributed by atoms with Crippen molar-refractivity contribution in [3.8, 4) is 11.3 Å². The fraction of sp³-hybridized carbons (Fsp3) is 0.333. The number of amides is 1. The first kappa shape index (κ1) is 19.5. The van der Waals surface area contributed by atoms with E-state index in [0.717, 1.165) is 29.2 Å². The molecule has 0 saturated carbocycles. The topological polar surface area (TPSA) is 75.9 Å². The lowest BCUT2D eigenvalue weighted by atomic mass is 10.1. The number of hydrogen-bond donors (Lipinski definition) is 1. The SMILES string of the molecule is CCc1cc(-c2ccc(C(=O)NCCc3nccn3C)cc2)nc(N(C)C)n1. The molecule has 2 aromatic heterocycles. The molecule has 0 unspecified atom stereocenters. The summed E-state index contributed by atoms with van der Waals surface area (Å²) in [6.07, 6.45) is 5.19. The van der Waals surface area contributed by atoms with E-state index in [1.807, 2.05) is 67.1 Å². The van der Waals surface area contributed by atoms with Crippen LogP contribution in [-0.2, 0) is 19.9 Å². The molecule has 7 heteroatoms. The molecule has 3 rings (SSSR count). The lowest BCUT2D eigenvalue weighted by molar-refractivity contribution is 0.0954. The molecule has 28 heavy (non-hydrogen) atoms. The molecule has 1 N–H and O–H groups in total. The zero-order chi connectivity index (χ0) is 20.1. The predicted molar refractivity (Wildman–Crippen MR) is 110 cm³/mol. The van der Waals surface area contributed by atoms with Gasteiger partial charge in [0.25, 0.3) is 5.91 Å². The second kappa shape index (κ2) is 8.65. The Hall–Kier alpha value is -3.22. The summed E-state index contributed by atoms with van der Waals surface area (Å²) in [5, 5.41) is 2.94. The molecule has 0 aliphatic rings. The van der Waals surface area contributed by atoms with Crippen molar-refractivity contribution < 1.29 is 4.79 Å². The molecule has 146 valence electrons. The quantitative estimate of drug-likeness (QED) is 0.684. The average Bonchev–Trinajstić information content (AvgIpc) is 3.12. The van der Waals surface area contributed by atoms with E-state index in [1.165, 1.54) is 0 Å². The van der Waals surface area contributed by atoms with Crippen molar-refractivity contribution in [1.29, 1.82) is 0 Å². The van der Waals surface area contributed by atoms with Crippen molar-refractivity contribution in [3.05, 3.63) is 59.8 Å². The highest BCUT2D eigenvalue weighted by Gasteiger charge is 2.10. The van der Waals surface area contributed by atoms with Crippen LogP contribution in [0.1, 0.15) is 28.8 Å². The smallest absolute Gasteiger partial charge is 0.251 e. The molecule has 0 aliphatic carbocycles. The number of rotatable bonds is 7. The molecule has 0 atom stereocenters. The predicted octanol–water partition coefficient (Wildman–Crippen LogP) is 2.48. The van der Waals surface area contributed by atoms with Gasteiger partial charge in [0.15, 0.2) is 0 Å². The highest BCUT2D eigenvalue weighted by atomic mass is 16.1. The van der Waals surface area contributed by atoms with Gasteiger partial charge >= 0.3 is 0 Å². The summed E-state index contributed by atoms with van der Waals surface area (Å²) in [6.45, 7) is 2.62. The van der Waals surface area contributed by atoms with Crippen molar-refractivity contribution in [1.82, 2.24) is 24.8 Å². The van der Waals surface area contributed by atoms with Gasteiger partial charge in [-0.05, 0) is 24.6 Å². The van der Waals surface area contributed by atoms with E-state index in [1.54, 1.807) is 6.20 Å². The summed E-state index contributed by atoms with van der Waals surface area (Å²) in [5.74, 6) is 1.54. The molecule has 0 spiro atoms. The van der Waals surface area contributed by atoms with Crippen LogP contribution in [0.4, 0.5) is 5.95 Å². The summed E-state index contributed by atoms with van der Waals surface area (Å²) in [4.78, 5) is 27.7. The lowest BCUT2D eigenvalue weighted by Crippen LogP contribution is -2.26. The third kappa shape index (κ3) is 4.54. The zero-order valence-electron chi connectivity index (χ0n) is 16.8. The number of carbonyl (C=O) groups is 1. The maximum atomic E-state index is 12.4. The first-order valence-electron chi connectivity index (χ1n) is 9.38. The second-order valence-corrected chi connectivity index (χ2v) is 6.83. The van der Waals surface area contributed by atoms with Gasteiger partial charge in [-0.25, -0.2) is 15.0 Å². The van der Waals surface area contributed by atoms with Gasteiger partial charge < -0.3 is 14.8 Å². The van der Waals surface area contributed by atoms with E-state index in [-0.39, 0.29) is 5.91 Å². The Morgan fingerprint density at radius 3 is 2.54 bits per heavy atom. The van der Waals surface area contributed by atoms with Crippen LogP contribution in [0.2, 0.25) is 0 Å². The van der Waals surface area contributed by atoms with Crippen LogP contribution in [0, 0.1) is 0 Å². The third-order valence-corrected chi connectivity index (χ3v) is 4.53. The van der Waals surface area contributed by atoms with E-state index in [9.17, 15) is 4.79 Å². The van der Waals surface area contributed by atoms with Gasteiger partial charge in [0.2, 0.25) is 5.95 Å². The van der Waals surface area contributed by atoms with Crippen molar-refractivity contribution in [3.63, 3.8) is 0 Å². The third-order valence-electron chi connectivity index (χ3n) is 4.53. The number of nitrogens with zero attached hydrogens (tertiary/aromatic N) is 5. The normalized spacial score (nSPS) is 10.7. The maximum Gasteiger partial charge on any atom is 0.251 e. The van der Waals surface area contributed by atoms with Gasteiger partial charge in [0, 0.05) is 63.3 Å². The van der Waals surface area contributed by atoms with E-state index in [2.05, 4.69) is 27.2 Å². The molecular formula is C21H26N6O. The lowest BCUT2D eigenvalue weighted by Gasteiger charge is -2.13. The van der Waals surface area contributed by atoms with Gasteiger partial charge in [-0.15, -0.1) is 0 Å². The molecule has 0 saturated heterocycles. The molecule has 0 bridgehead atoms. The van der Waals surface area contributed by atoms with Crippen LogP contribution in [0.25, 0.3) is 11.3 Å². The molecule has 1 aromatic carbocycles. The zero-order valence-corrected chi connectivity index (χ0v) is 16.8. The Morgan fingerprint density at radius 2 is 1.93 bits per heavy atom. The Bertz CT molecular complexity index is 946. The van der Waals surface area contributed by atoms with Crippen LogP contribution in [-0.4, -0.2) is 46.1 Å². The van der Waals surface area contributed by atoms with Crippen molar-refractivity contribution in [2.75, 3.05) is 25.5 Å². The van der Waals surface area contributed by atoms with Crippen molar-refractivity contribution in [2.45, 2.75) is 19.8 Å². The van der Waals surface area contributed by atoms with E-state index in [4.69, 9.17) is 0 Å². The number of nitrogens with one attached hydrogen (secondary N) is 1. The molecular weight excluding hydrogens is 352 g/mol. The van der Waals surface area contributed by atoms with E-state index < -0.39 is 0 Å². The summed E-state index contributed by atoms with van der Waals surface area (Å²) < 4.78 is 1.95.